The average Bonchev–Trinajstić information content (AvgIpc) is 3.41. The maximum Gasteiger partial charge on any atom is 0.433 e. The predicted octanol–water partition coefficient (Wildman–Crippen LogP) is 7.71. The summed E-state index contributed by atoms with van der Waals surface area (Å²) >= 11 is 6.15. The molecule has 2 heterocycles. The highest BCUT2D eigenvalue weighted by molar-refractivity contribution is 6.31. The van der Waals surface area contributed by atoms with Crippen LogP contribution in [0.3, 0.4) is 0 Å². The van der Waals surface area contributed by atoms with Crippen LogP contribution in [-0.4, -0.2) is 26.3 Å². The molecule has 2 aromatic heterocycles. The van der Waals surface area contributed by atoms with Crippen molar-refractivity contribution in [2.75, 3.05) is 5.32 Å². The normalized spacial score (nSPS) is 11.6. The number of hydrogen-bond donors (Lipinski definition) is 1. The first-order valence-corrected chi connectivity index (χ1v) is 12.7. The van der Waals surface area contributed by atoms with E-state index in [2.05, 4.69) is 15.4 Å². The number of anilines is 1. The third-order valence-electron chi connectivity index (χ3n) is 6.58. The summed E-state index contributed by atoms with van der Waals surface area (Å²) in [7, 11) is 0. The van der Waals surface area contributed by atoms with Crippen LogP contribution in [0, 0.1) is 0 Å². The molecule has 0 radical (unpaired) electrons. The van der Waals surface area contributed by atoms with Crippen LogP contribution in [-0.2, 0) is 6.18 Å². The Morgan fingerprint density at radius 2 is 1.56 bits per heavy atom. The number of ketones is 1. The number of nitrogens with one attached hydrogen (secondary N) is 1. The van der Waals surface area contributed by atoms with Crippen molar-refractivity contribution in [3.63, 3.8) is 0 Å². The van der Waals surface area contributed by atoms with Gasteiger partial charge in [-0.15, -0.1) is 0 Å². The van der Waals surface area contributed by atoms with Gasteiger partial charge < -0.3 is 5.32 Å². The molecule has 0 atom stereocenters. The number of rotatable bonds is 5. The van der Waals surface area contributed by atoms with Crippen molar-refractivity contribution < 1.29 is 22.8 Å². The number of aromatic nitrogens is 3. The lowest BCUT2D eigenvalue weighted by molar-refractivity contribution is -0.142. The summed E-state index contributed by atoms with van der Waals surface area (Å²) in [5, 5.41) is 8.29. The third-order valence-corrected chi connectivity index (χ3v) is 6.82. The molecule has 10 heteroatoms. The molecule has 0 bridgehead atoms. The zero-order valence-corrected chi connectivity index (χ0v) is 21.7. The summed E-state index contributed by atoms with van der Waals surface area (Å²) in [5.41, 5.74) is -0.452. The van der Waals surface area contributed by atoms with Crippen molar-refractivity contribution in [3.05, 3.63) is 131 Å². The van der Waals surface area contributed by atoms with Crippen LogP contribution in [0.1, 0.15) is 32.0 Å². The lowest BCUT2D eigenvalue weighted by Crippen LogP contribution is -2.17. The van der Waals surface area contributed by atoms with Gasteiger partial charge in [-0.05, 0) is 35.0 Å². The number of alkyl halides is 3. The van der Waals surface area contributed by atoms with Gasteiger partial charge in [-0.2, -0.15) is 18.3 Å². The van der Waals surface area contributed by atoms with Crippen molar-refractivity contribution in [1.82, 2.24) is 14.6 Å². The van der Waals surface area contributed by atoms with Gasteiger partial charge in [-0.3, -0.25) is 9.59 Å². The molecule has 6 rings (SSSR count). The number of carbonyl (C=O) groups is 2. The molecule has 0 aliphatic heterocycles. The van der Waals surface area contributed by atoms with E-state index in [1.165, 1.54) is 18.2 Å². The smallest absolute Gasteiger partial charge is 0.321 e. The highest BCUT2D eigenvalue weighted by Gasteiger charge is 2.36. The molecule has 6 nitrogen and oxygen atoms in total. The van der Waals surface area contributed by atoms with Gasteiger partial charge in [0, 0.05) is 21.7 Å². The predicted molar refractivity (Wildman–Crippen MR) is 150 cm³/mol. The van der Waals surface area contributed by atoms with Gasteiger partial charge in [0.05, 0.1) is 17.6 Å². The van der Waals surface area contributed by atoms with Crippen molar-refractivity contribution in [2.45, 2.75) is 6.18 Å². The molecule has 1 amide bonds. The number of hydrogen-bond acceptors (Lipinski definition) is 4. The Balaban J connectivity index is 1.46. The molecule has 0 spiro atoms. The third kappa shape index (κ3) is 4.92. The quantitative estimate of drug-likeness (QED) is 0.215. The molecule has 6 aromatic rings. The van der Waals surface area contributed by atoms with Crippen LogP contribution >= 0.6 is 11.6 Å². The minimum absolute atomic E-state index is 0.0302. The highest BCUT2D eigenvalue weighted by Crippen LogP contribution is 2.35. The number of benzene rings is 4. The first-order valence-electron chi connectivity index (χ1n) is 12.4. The van der Waals surface area contributed by atoms with E-state index in [0.717, 1.165) is 17.6 Å². The summed E-state index contributed by atoms with van der Waals surface area (Å²) in [6, 6.07) is 26.2. The molecule has 1 N–H and O–H groups in total. The van der Waals surface area contributed by atoms with E-state index < -0.39 is 17.8 Å². The lowest BCUT2D eigenvalue weighted by Gasteiger charge is -2.13. The Morgan fingerprint density at radius 3 is 2.34 bits per heavy atom. The summed E-state index contributed by atoms with van der Waals surface area (Å²) in [6.45, 7) is 0. The second kappa shape index (κ2) is 10.2. The number of carbonyl (C=O) groups excluding carboxylic acids is 2. The van der Waals surface area contributed by atoms with E-state index in [1.807, 2.05) is 18.2 Å². The number of fused-ring (bicyclic) bond motifs is 2. The minimum atomic E-state index is -4.79. The second-order valence-corrected chi connectivity index (χ2v) is 9.62. The second-order valence-electron chi connectivity index (χ2n) is 9.18. The van der Waals surface area contributed by atoms with Gasteiger partial charge >= 0.3 is 6.18 Å². The van der Waals surface area contributed by atoms with Crippen LogP contribution in [0.2, 0.25) is 5.02 Å². The van der Waals surface area contributed by atoms with Crippen LogP contribution < -0.4 is 5.32 Å². The van der Waals surface area contributed by atoms with Gasteiger partial charge in [-0.1, -0.05) is 84.4 Å². The van der Waals surface area contributed by atoms with Gasteiger partial charge in [0.2, 0.25) is 0 Å². The maximum atomic E-state index is 14.2. The Labute approximate surface area is 236 Å². The van der Waals surface area contributed by atoms with Crippen molar-refractivity contribution in [2.24, 2.45) is 0 Å². The summed E-state index contributed by atoms with van der Waals surface area (Å²) in [4.78, 5) is 31.1. The Morgan fingerprint density at radius 1 is 0.829 bits per heavy atom. The number of halogens is 4. The van der Waals surface area contributed by atoms with Gasteiger partial charge in [-0.25, -0.2) is 9.50 Å². The Bertz CT molecular complexity index is 1960. The zero-order chi connectivity index (χ0) is 28.7. The van der Waals surface area contributed by atoms with Crippen molar-refractivity contribution in [1.29, 1.82) is 0 Å². The molecule has 0 fully saturated rings. The van der Waals surface area contributed by atoms with E-state index >= 15 is 0 Å². The molecule has 41 heavy (non-hydrogen) atoms. The summed E-state index contributed by atoms with van der Waals surface area (Å²) in [6.07, 6.45) is -3.76. The van der Waals surface area contributed by atoms with Gasteiger partial charge in [0.25, 0.3) is 5.91 Å². The number of amides is 1. The molecule has 4 aromatic carbocycles. The molecule has 202 valence electrons. The topological polar surface area (TPSA) is 76.4 Å². The van der Waals surface area contributed by atoms with E-state index in [0.29, 0.717) is 21.0 Å². The number of nitrogens with zero attached hydrogens (tertiary/aromatic N) is 3. The fraction of sp³-hybridized carbons (Fsp3) is 0.0323. The van der Waals surface area contributed by atoms with Crippen LogP contribution in [0.25, 0.3) is 27.7 Å². The molecule has 0 saturated carbocycles. The van der Waals surface area contributed by atoms with Crippen LogP contribution in [0.4, 0.5) is 18.9 Å². The molecular formula is C31H18ClF3N4O2. The highest BCUT2D eigenvalue weighted by atomic mass is 35.5. The first-order chi connectivity index (χ1) is 19.7. The van der Waals surface area contributed by atoms with Gasteiger partial charge in [0.1, 0.15) is 5.56 Å². The van der Waals surface area contributed by atoms with Crippen molar-refractivity contribution >= 4 is 45.4 Å². The maximum absolute atomic E-state index is 14.2. The molecule has 0 aliphatic carbocycles. The summed E-state index contributed by atoms with van der Waals surface area (Å²) in [5.74, 6) is -1.18. The molecule has 0 saturated heterocycles. The first kappa shape index (κ1) is 26.2. The standard InChI is InChI=1S/C31H18ClF3N4O2/c32-20-13-14-25(23(15-20)28(40)19-8-2-1-3-9-19)38-30(41)24-17-36-39-27(31(33,34)35)16-26(37-29(24)39)22-12-6-10-18-7-4-5-11-21(18)22/h1-17H,(H,38,41). The SMILES string of the molecule is O=C(c1ccccc1)c1cc(Cl)ccc1NC(=O)c1cnn2c(C(F)(F)F)cc(-c3cccc4ccccc34)nc12. The fourth-order valence-corrected chi connectivity index (χ4v) is 4.83. The minimum Gasteiger partial charge on any atom is -0.321 e. The Hall–Kier alpha value is -5.02. The monoisotopic (exact) mass is 570 g/mol. The Kier molecular flexibility index (Phi) is 6.51. The van der Waals surface area contributed by atoms with E-state index in [9.17, 15) is 22.8 Å². The zero-order valence-electron chi connectivity index (χ0n) is 21.0. The fourth-order valence-electron chi connectivity index (χ4n) is 4.66. The summed E-state index contributed by atoms with van der Waals surface area (Å²) < 4.78 is 43.2. The van der Waals surface area contributed by atoms with Crippen molar-refractivity contribution in [3.8, 4) is 11.3 Å². The molecular weight excluding hydrogens is 553 g/mol. The van der Waals surface area contributed by atoms with Crippen LogP contribution in [0.5, 0.6) is 0 Å². The largest absolute Gasteiger partial charge is 0.433 e. The van der Waals surface area contributed by atoms with E-state index in [4.69, 9.17) is 11.6 Å². The average molecular weight is 571 g/mol. The van der Waals surface area contributed by atoms with Gasteiger partial charge in [0.15, 0.2) is 17.1 Å². The van der Waals surface area contributed by atoms with Crippen LogP contribution in [0.15, 0.2) is 103 Å². The molecule has 0 unspecified atom stereocenters. The van der Waals surface area contributed by atoms with E-state index in [1.54, 1.807) is 54.6 Å². The van der Waals surface area contributed by atoms with E-state index in [-0.39, 0.29) is 39.0 Å². The molecule has 0 aliphatic rings. The lowest BCUT2D eigenvalue weighted by atomic mass is 10.0.